The lowest BCUT2D eigenvalue weighted by molar-refractivity contribution is -0.117. The lowest BCUT2D eigenvalue weighted by Gasteiger charge is -2.08. The number of aryl methyl sites for hydroxylation is 3. The number of nitrogens with one attached hydrogen (secondary N) is 2. The monoisotopic (exact) mass is 388 g/mol. The summed E-state index contributed by atoms with van der Waals surface area (Å²) in [4.78, 5) is 24.2. The summed E-state index contributed by atoms with van der Waals surface area (Å²) in [5.41, 5.74) is 8.64. The van der Waals surface area contributed by atoms with Crippen molar-refractivity contribution in [2.45, 2.75) is 41.2 Å². The van der Waals surface area contributed by atoms with Crippen molar-refractivity contribution in [1.82, 2.24) is 20.6 Å². The lowest BCUT2D eigenvalue weighted by atomic mass is 10.1. The minimum absolute atomic E-state index is 0.367. The highest BCUT2D eigenvalue weighted by atomic mass is 35.5. The van der Waals surface area contributed by atoms with Crippen LogP contribution in [0.4, 0.5) is 0 Å². The topological polar surface area (TPSA) is 76.0 Å². The minimum Gasteiger partial charge on any atom is -0.268 e. The molecule has 0 spiro atoms. The van der Waals surface area contributed by atoms with Crippen LogP contribution in [0.15, 0.2) is 24.3 Å². The molecule has 1 aromatic carbocycles. The summed E-state index contributed by atoms with van der Waals surface area (Å²) in [6.45, 7) is 10.5. The molecule has 2 N–H and O–H groups in total. The predicted molar refractivity (Wildman–Crippen MR) is 107 cm³/mol. The van der Waals surface area contributed by atoms with Gasteiger partial charge in [-0.2, -0.15) is 5.10 Å². The summed E-state index contributed by atoms with van der Waals surface area (Å²) in [5, 5.41) is 4.88. The molecular weight excluding hydrogens is 364 g/mol. The molecular formula is C20H25ClN4O2. The molecule has 0 aliphatic carbocycles. The number of aromatic nitrogens is 2. The molecule has 0 unspecified atom stereocenters. The number of hydrazine groups is 1. The van der Waals surface area contributed by atoms with Gasteiger partial charge in [0.25, 0.3) is 11.8 Å². The maximum Gasteiger partial charge on any atom is 0.269 e. The van der Waals surface area contributed by atoms with Crippen molar-refractivity contribution < 1.29 is 9.59 Å². The number of hydrogen-bond acceptors (Lipinski definition) is 3. The van der Waals surface area contributed by atoms with E-state index in [4.69, 9.17) is 11.6 Å². The van der Waals surface area contributed by atoms with Gasteiger partial charge >= 0.3 is 0 Å². The van der Waals surface area contributed by atoms with Gasteiger partial charge in [0.15, 0.2) is 0 Å². The van der Waals surface area contributed by atoms with Crippen LogP contribution in [0.1, 0.15) is 46.6 Å². The molecule has 2 aromatic rings. The Kier molecular flexibility index (Phi) is 6.80. The van der Waals surface area contributed by atoms with E-state index in [1.165, 1.54) is 6.08 Å². The van der Waals surface area contributed by atoms with Crippen LogP contribution in [-0.4, -0.2) is 21.6 Å². The van der Waals surface area contributed by atoms with Gasteiger partial charge in [0.05, 0.1) is 5.69 Å². The second-order valence-corrected chi connectivity index (χ2v) is 7.32. The zero-order valence-electron chi connectivity index (χ0n) is 16.3. The average Bonchev–Trinajstić information content (AvgIpc) is 2.83. The quantitative estimate of drug-likeness (QED) is 0.607. The van der Waals surface area contributed by atoms with Gasteiger partial charge in [0.2, 0.25) is 0 Å². The van der Waals surface area contributed by atoms with E-state index >= 15 is 0 Å². The largest absolute Gasteiger partial charge is 0.269 e. The van der Waals surface area contributed by atoms with E-state index in [2.05, 4.69) is 29.8 Å². The van der Waals surface area contributed by atoms with Crippen molar-refractivity contribution in [3.8, 4) is 0 Å². The first-order valence-electron chi connectivity index (χ1n) is 8.77. The summed E-state index contributed by atoms with van der Waals surface area (Å²) in [6, 6.07) is 5.49. The molecule has 27 heavy (non-hydrogen) atoms. The Morgan fingerprint density at radius 1 is 1.22 bits per heavy atom. The third kappa shape index (κ3) is 5.44. The van der Waals surface area contributed by atoms with Crippen LogP contribution < -0.4 is 10.9 Å². The minimum atomic E-state index is -0.458. The van der Waals surface area contributed by atoms with Crippen molar-refractivity contribution in [2.75, 3.05) is 0 Å². The summed E-state index contributed by atoms with van der Waals surface area (Å²) in [5.74, 6) is -0.421. The Bertz CT molecular complexity index is 884. The Morgan fingerprint density at radius 2 is 1.93 bits per heavy atom. The number of benzene rings is 1. The fourth-order valence-corrected chi connectivity index (χ4v) is 2.98. The van der Waals surface area contributed by atoms with E-state index in [0.29, 0.717) is 28.7 Å². The molecule has 0 aliphatic rings. The second kappa shape index (κ2) is 8.86. The number of amides is 2. The van der Waals surface area contributed by atoms with Gasteiger partial charge in [-0.15, -0.1) is 0 Å². The zero-order valence-corrected chi connectivity index (χ0v) is 17.0. The standard InChI is InChI=1S/C20H25ClN4O2/c1-12(2)11-25-19(21)17(15(5)24-25)8-9-18(26)22-23-20(27)16-7-6-13(3)10-14(16)4/h6-10,12H,11H2,1-5H3,(H,22,26)(H,23,27)/b9-8+. The predicted octanol–water partition coefficient (Wildman–Crippen LogP) is 3.59. The number of halogens is 1. The first kappa shape index (κ1) is 20.7. The highest BCUT2D eigenvalue weighted by Gasteiger charge is 2.13. The Hall–Kier alpha value is -2.60. The summed E-state index contributed by atoms with van der Waals surface area (Å²) >= 11 is 6.34. The van der Waals surface area contributed by atoms with Gasteiger partial charge in [0.1, 0.15) is 5.15 Å². The van der Waals surface area contributed by atoms with E-state index in [1.54, 1.807) is 16.8 Å². The van der Waals surface area contributed by atoms with Gasteiger partial charge in [-0.25, -0.2) is 0 Å². The average molecular weight is 389 g/mol. The van der Waals surface area contributed by atoms with Crippen molar-refractivity contribution in [3.63, 3.8) is 0 Å². The van der Waals surface area contributed by atoms with E-state index in [9.17, 15) is 9.59 Å². The van der Waals surface area contributed by atoms with E-state index in [1.807, 2.05) is 32.9 Å². The number of hydrogen-bond donors (Lipinski definition) is 2. The normalized spacial score (nSPS) is 11.2. The molecule has 0 fully saturated rings. The van der Waals surface area contributed by atoms with Gasteiger partial charge in [-0.3, -0.25) is 25.1 Å². The number of carbonyl (C=O) groups is 2. The van der Waals surface area contributed by atoms with Gasteiger partial charge < -0.3 is 0 Å². The second-order valence-electron chi connectivity index (χ2n) is 6.96. The van der Waals surface area contributed by atoms with Crippen LogP contribution in [0, 0.1) is 26.7 Å². The van der Waals surface area contributed by atoms with Crippen molar-refractivity contribution in [2.24, 2.45) is 5.92 Å². The van der Waals surface area contributed by atoms with Crippen LogP contribution in [-0.2, 0) is 11.3 Å². The maximum absolute atomic E-state index is 12.2. The molecule has 0 bridgehead atoms. The van der Waals surface area contributed by atoms with Crippen LogP contribution in [0.25, 0.3) is 6.08 Å². The van der Waals surface area contributed by atoms with Crippen molar-refractivity contribution in [3.05, 3.63) is 57.4 Å². The molecule has 0 saturated heterocycles. The molecule has 1 heterocycles. The fourth-order valence-electron chi connectivity index (χ4n) is 2.68. The number of rotatable bonds is 5. The molecule has 2 amide bonds. The molecule has 0 atom stereocenters. The third-order valence-corrected chi connectivity index (χ3v) is 4.37. The van der Waals surface area contributed by atoms with Gasteiger partial charge in [-0.05, 0) is 44.4 Å². The molecule has 7 heteroatoms. The van der Waals surface area contributed by atoms with Gasteiger partial charge in [-0.1, -0.05) is 43.1 Å². The van der Waals surface area contributed by atoms with Crippen LogP contribution in [0.2, 0.25) is 5.15 Å². The van der Waals surface area contributed by atoms with Crippen molar-refractivity contribution in [1.29, 1.82) is 0 Å². The highest BCUT2D eigenvalue weighted by Crippen LogP contribution is 2.22. The first-order chi connectivity index (χ1) is 12.7. The molecule has 0 aliphatic heterocycles. The zero-order chi connectivity index (χ0) is 20.1. The molecule has 0 saturated carbocycles. The molecule has 2 rings (SSSR count). The van der Waals surface area contributed by atoms with Crippen molar-refractivity contribution >= 4 is 29.5 Å². The molecule has 0 radical (unpaired) electrons. The Morgan fingerprint density at radius 3 is 2.56 bits per heavy atom. The first-order valence-corrected chi connectivity index (χ1v) is 9.15. The maximum atomic E-state index is 12.2. The van der Waals surface area contributed by atoms with Crippen LogP contribution in [0.3, 0.4) is 0 Å². The summed E-state index contributed by atoms with van der Waals surface area (Å²) in [7, 11) is 0. The fraction of sp³-hybridized carbons (Fsp3) is 0.350. The SMILES string of the molecule is Cc1ccc(C(=O)NNC(=O)/C=C/c2c(C)nn(CC(C)C)c2Cl)c(C)c1. The summed E-state index contributed by atoms with van der Waals surface area (Å²) in [6.07, 6.45) is 2.91. The van der Waals surface area contributed by atoms with Crippen LogP contribution >= 0.6 is 11.6 Å². The lowest BCUT2D eigenvalue weighted by Crippen LogP contribution is -2.41. The smallest absolute Gasteiger partial charge is 0.268 e. The Labute approximate surface area is 164 Å². The van der Waals surface area contributed by atoms with Crippen LogP contribution in [0.5, 0.6) is 0 Å². The molecule has 6 nitrogen and oxygen atoms in total. The van der Waals surface area contributed by atoms with E-state index in [-0.39, 0.29) is 5.91 Å². The van der Waals surface area contributed by atoms with Gasteiger partial charge in [0, 0.05) is 23.7 Å². The number of nitrogens with zero attached hydrogens (tertiary/aromatic N) is 2. The van der Waals surface area contributed by atoms with E-state index in [0.717, 1.165) is 16.8 Å². The molecule has 1 aromatic heterocycles. The highest BCUT2D eigenvalue weighted by molar-refractivity contribution is 6.31. The number of carbonyl (C=O) groups excluding carboxylic acids is 2. The third-order valence-electron chi connectivity index (χ3n) is 3.97. The van der Waals surface area contributed by atoms with E-state index < -0.39 is 5.91 Å². The summed E-state index contributed by atoms with van der Waals surface area (Å²) < 4.78 is 1.72. The molecule has 144 valence electrons. The Balaban J connectivity index is 1.99.